The highest BCUT2D eigenvalue weighted by Gasteiger charge is 2.30. The molecule has 14 heavy (non-hydrogen) atoms. The molecule has 0 bridgehead atoms. The molecular weight excluding hydrogens is 180 g/mol. The molecule has 2 aliphatic rings. The number of carbonyl (C=O) groups is 1. The average molecular weight is 198 g/mol. The minimum absolute atomic E-state index is 0.186. The van der Waals surface area contributed by atoms with Gasteiger partial charge >= 0.3 is 0 Å². The highest BCUT2D eigenvalue weighted by molar-refractivity contribution is 5.78. The number of hydrogen-bond donors (Lipinski definition) is 1. The van der Waals surface area contributed by atoms with Gasteiger partial charge < -0.3 is 10.1 Å². The van der Waals surface area contributed by atoms with Gasteiger partial charge in [0, 0.05) is 20.1 Å². The van der Waals surface area contributed by atoms with Gasteiger partial charge in [0.1, 0.15) is 0 Å². The van der Waals surface area contributed by atoms with E-state index in [1.54, 1.807) is 7.05 Å². The lowest BCUT2D eigenvalue weighted by molar-refractivity contribution is -0.126. The molecule has 0 aliphatic carbocycles. The number of hydrogen-bond acceptors (Lipinski definition) is 3. The van der Waals surface area contributed by atoms with Gasteiger partial charge in [0.05, 0.1) is 18.6 Å². The third kappa shape index (κ3) is 2.45. The zero-order valence-electron chi connectivity index (χ0n) is 8.66. The normalized spacial score (nSPS) is 32.6. The highest BCUT2D eigenvalue weighted by atomic mass is 16.6. The summed E-state index contributed by atoms with van der Waals surface area (Å²) in [5, 5.41) is 2.73. The molecule has 0 aromatic carbocycles. The van der Waals surface area contributed by atoms with Crippen LogP contribution in [0.3, 0.4) is 0 Å². The molecular formula is C10H18N2O2. The average Bonchev–Trinajstić information content (AvgIpc) is 3.01. The molecule has 2 heterocycles. The third-order valence-corrected chi connectivity index (χ3v) is 2.99. The molecule has 1 amide bonds. The maximum Gasteiger partial charge on any atom is 0.224 e. The van der Waals surface area contributed by atoms with Crippen molar-refractivity contribution in [3.63, 3.8) is 0 Å². The maximum absolute atomic E-state index is 11.4. The Labute approximate surface area is 84.6 Å². The highest BCUT2D eigenvalue weighted by Crippen LogP contribution is 2.19. The first-order valence-corrected chi connectivity index (χ1v) is 5.35. The molecule has 4 heteroatoms. The lowest BCUT2D eigenvalue weighted by Crippen LogP contribution is -2.43. The van der Waals surface area contributed by atoms with Crippen molar-refractivity contribution in [2.24, 2.45) is 5.92 Å². The van der Waals surface area contributed by atoms with Crippen LogP contribution in [-0.4, -0.2) is 50.2 Å². The SMILES string of the molecule is CNC(=O)C1CCCN(C[C@@H]2CO2)C1. The predicted octanol–water partition coefficient (Wildman–Crippen LogP) is -0.157. The number of piperidine rings is 1. The van der Waals surface area contributed by atoms with Gasteiger partial charge in [0.2, 0.25) is 5.91 Å². The number of carbonyl (C=O) groups excluding carboxylic acids is 1. The van der Waals surface area contributed by atoms with Crippen LogP contribution in [0, 0.1) is 5.92 Å². The van der Waals surface area contributed by atoms with Crippen molar-refractivity contribution in [3.8, 4) is 0 Å². The smallest absolute Gasteiger partial charge is 0.224 e. The minimum atomic E-state index is 0.186. The molecule has 4 nitrogen and oxygen atoms in total. The summed E-state index contributed by atoms with van der Waals surface area (Å²) in [6.45, 7) is 3.93. The van der Waals surface area contributed by atoms with Gasteiger partial charge in [0.25, 0.3) is 0 Å². The van der Waals surface area contributed by atoms with Crippen molar-refractivity contribution in [2.45, 2.75) is 18.9 Å². The summed E-state index contributed by atoms with van der Waals surface area (Å²) in [6.07, 6.45) is 2.60. The van der Waals surface area contributed by atoms with Crippen LogP contribution in [0.5, 0.6) is 0 Å². The number of nitrogens with zero attached hydrogens (tertiary/aromatic N) is 1. The van der Waals surface area contributed by atoms with Crippen molar-refractivity contribution in [2.75, 3.05) is 33.3 Å². The molecule has 2 aliphatic heterocycles. The van der Waals surface area contributed by atoms with Crippen LogP contribution in [0.25, 0.3) is 0 Å². The van der Waals surface area contributed by atoms with Gasteiger partial charge in [-0.05, 0) is 19.4 Å². The molecule has 0 aromatic heterocycles. The summed E-state index contributed by atoms with van der Waals surface area (Å²) in [6, 6.07) is 0. The Kier molecular flexibility index (Phi) is 3.03. The van der Waals surface area contributed by atoms with E-state index in [1.807, 2.05) is 0 Å². The van der Waals surface area contributed by atoms with E-state index in [1.165, 1.54) is 0 Å². The monoisotopic (exact) mass is 198 g/mol. The minimum Gasteiger partial charge on any atom is -0.372 e. The zero-order valence-corrected chi connectivity index (χ0v) is 8.66. The molecule has 2 rings (SSSR count). The van der Waals surface area contributed by atoms with Crippen LogP contribution in [0.4, 0.5) is 0 Å². The topological polar surface area (TPSA) is 44.9 Å². The zero-order chi connectivity index (χ0) is 9.97. The van der Waals surface area contributed by atoms with Crippen LogP contribution in [0.1, 0.15) is 12.8 Å². The van der Waals surface area contributed by atoms with Crippen molar-refractivity contribution < 1.29 is 9.53 Å². The van der Waals surface area contributed by atoms with Gasteiger partial charge in [-0.25, -0.2) is 0 Å². The van der Waals surface area contributed by atoms with Crippen molar-refractivity contribution in [1.29, 1.82) is 0 Å². The lowest BCUT2D eigenvalue weighted by Gasteiger charge is -2.31. The summed E-state index contributed by atoms with van der Waals surface area (Å²) in [4.78, 5) is 13.8. The van der Waals surface area contributed by atoms with E-state index in [0.717, 1.165) is 39.1 Å². The number of rotatable bonds is 3. The summed E-state index contributed by atoms with van der Waals surface area (Å²) in [5.74, 6) is 0.374. The molecule has 2 fully saturated rings. The Morgan fingerprint density at radius 3 is 3.07 bits per heavy atom. The first kappa shape index (κ1) is 9.93. The number of amides is 1. The summed E-state index contributed by atoms with van der Waals surface area (Å²) in [7, 11) is 1.71. The molecule has 0 spiro atoms. The fraction of sp³-hybridized carbons (Fsp3) is 0.900. The summed E-state index contributed by atoms with van der Waals surface area (Å²) >= 11 is 0. The van der Waals surface area contributed by atoms with E-state index < -0.39 is 0 Å². The Morgan fingerprint density at radius 1 is 1.64 bits per heavy atom. The Balaban J connectivity index is 1.79. The maximum atomic E-state index is 11.4. The van der Waals surface area contributed by atoms with Crippen molar-refractivity contribution in [1.82, 2.24) is 10.2 Å². The fourth-order valence-corrected chi connectivity index (χ4v) is 2.10. The third-order valence-electron chi connectivity index (χ3n) is 2.99. The first-order valence-electron chi connectivity index (χ1n) is 5.35. The van der Waals surface area contributed by atoms with Gasteiger partial charge in [-0.2, -0.15) is 0 Å². The number of ether oxygens (including phenoxy) is 1. The molecule has 2 saturated heterocycles. The van der Waals surface area contributed by atoms with Gasteiger partial charge in [-0.1, -0.05) is 0 Å². The Hall–Kier alpha value is -0.610. The lowest BCUT2D eigenvalue weighted by atomic mass is 9.97. The van der Waals surface area contributed by atoms with Gasteiger partial charge in [-0.3, -0.25) is 9.69 Å². The number of epoxide rings is 1. The number of nitrogens with one attached hydrogen (secondary N) is 1. The predicted molar refractivity (Wildman–Crippen MR) is 53.0 cm³/mol. The molecule has 0 saturated carbocycles. The largest absolute Gasteiger partial charge is 0.372 e. The first-order chi connectivity index (χ1) is 6.79. The second-order valence-corrected chi connectivity index (χ2v) is 4.17. The molecule has 1 N–H and O–H groups in total. The summed E-state index contributed by atoms with van der Waals surface area (Å²) in [5.41, 5.74) is 0. The second-order valence-electron chi connectivity index (χ2n) is 4.17. The van der Waals surface area contributed by atoms with Crippen LogP contribution in [0.15, 0.2) is 0 Å². The summed E-state index contributed by atoms with van der Waals surface area (Å²) < 4.78 is 5.19. The van der Waals surface area contributed by atoms with E-state index in [0.29, 0.717) is 6.10 Å². The van der Waals surface area contributed by atoms with Crippen LogP contribution in [0.2, 0.25) is 0 Å². The molecule has 0 radical (unpaired) electrons. The molecule has 80 valence electrons. The Morgan fingerprint density at radius 2 is 2.43 bits per heavy atom. The van der Waals surface area contributed by atoms with Crippen LogP contribution >= 0.6 is 0 Å². The van der Waals surface area contributed by atoms with Crippen LogP contribution in [-0.2, 0) is 9.53 Å². The van der Waals surface area contributed by atoms with Crippen LogP contribution < -0.4 is 5.32 Å². The Bertz CT molecular complexity index is 216. The van der Waals surface area contributed by atoms with E-state index in [9.17, 15) is 4.79 Å². The van der Waals surface area contributed by atoms with Gasteiger partial charge in [0.15, 0.2) is 0 Å². The standard InChI is InChI=1S/C10H18N2O2/c1-11-10(13)8-3-2-4-12(5-8)6-9-7-14-9/h8-9H,2-7H2,1H3,(H,11,13)/t8?,9-/m1/s1. The van der Waals surface area contributed by atoms with E-state index in [4.69, 9.17) is 4.74 Å². The number of likely N-dealkylation sites (tertiary alicyclic amines) is 1. The van der Waals surface area contributed by atoms with E-state index in [-0.39, 0.29) is 11.8 Å². The molecule has 2 atom stereocenters. The fourth-order valence-electron chi connectivity index (χ4n) is 2.10. The van der Waals surface area contributed by atoms with Crippen molar-refractivity contribution in [3.05, 3.63) is 0 Å². The quantitative estimate of drug-likeness (QED) is 0.641. The van der Waals surface area contributed by atoms with Gasteiger partial charge in [-0.15, -0.1) is 0 Å². The van der Waals surface area contributed by atoms with E-state index in [2.05, 4.69) is 10.2 Å². The second kappa shape index (κ2) is 4.28. The van der Waals surface area contributed by atoms with Crippen molar-refractivity contribution >= 4 is 5.91 Å². The molecule has 1 unspecified atom stereocenters. The van der Waals surface area contributed by atoms with E-state index >= 15 is 0 Å². The molecule has 0 aromatic rings.